The van der Waals surface area contributed by atoms with Crippen molar-refractivity contribution in [3.05, 3.63) is 120 Å². The molecule has 0 bridgehead atoms. The van der Waals surface area contributed by atoms with E-state index in [1.165, 1.54) is 61.1 Å². The standard InChI is InChI=1S/C32H18BN/c1-3-11-23-21(9-1)17-19-27-25-13-5-7-15-29(25)33-30-16-8-6-14-26(30)28-20-18-22-10-2-4-12-24(22)32(28)34(33)31(23)27/h1,4-10,13-20H,12H2. The Morgan fingerprint density at radius 3 is 2.26 bits per heavy atom. The first-order valence-corrected chi connectivity index (χ1v) is 11.8. The van der Waals surface area contributed by atoms with Crippen molar-refractivity contribution >= 4 is 46.0 Å². The fourth-order valence-electron chi connectivity index (χ4n) is 6.17. The van der Waals surface area contributed by atoms with E-state index < -0.39 is 0 Å². The highest BCUT2D eigenvalue weighted by Crippen LogP contribution is 2.50. The van der Waals surface area contributed by atoms with E-state index in [4.69, 9.17) is 0 Å². The Morgan fingerprint density at radius 2 is 1.44 bits per heavy atom. The van der Waals surface area contributed by atoms with Crippen molar-refractivity contribution in [1.29, 1.82) is 0 Å². The van der Waals surface area contributed by atoms with Gasteiger partial charge < -0.3 is 4.81 Å². The summed E-state index contributed by atoms with van der Waals surface area (Å²) < 4.78 is 0. The summed E-state index contributed by atoms with van der Waals surface area (Å²) in [5, 5.41) is 2.32. The van der Waals surface area contributed by atoms with E-state index in [0.29, 0.717) is 0 Å². The summed E-state index contributed by atoms with van der Waals surface area (Å²) in [7, 11) is 0. The van der Waals surface area contributed by atoms with Crippen LogP contribution in [0.1, 0.15) is 11.1 Å². The minimum atomic E-state index is 0.105. The Labute approximate surface area is 199 Å². The molecule has 0 radical (unpaired) electrons. The predicted octanol–water partition coefficient (Wildman–Crippen LogP) is 6.07. The largest absolute Gasteiger partial charge is 0.375 e. The second-order valence-electron chi connectivity index (χ2n) is 9.22. The van der Waals surface area contributed by atoms with Crippen LogP contribution in [0.4, 0.5) is 11.4 Å². The molecule has 1 nitrogen and oxygen atoms in total. The van der Waals surface area contributed by atoms with Gasteiger partial charge in [-0.05, 0) is 62.9 Å². The van der Waals surface area contributed by atoms with Crippen LogP contribution < -0.4 is 15.7 Å². The van der Waals surface area contributed by atoms with Gasteiger partial charge in [0.2, 0.25) is 0 Å². The van der Waals surface area contributed by atoms with Crippen LogP contribution in [-0.2, 0) is 6.42 Å². The number of hydrogen-bond acceptors (Lipinski definition) is 1. The third kappa shape index (κ3) is 2.22. The van der Waals surface area contributed by atoms with Crippen LogP contribution in [0.25, 0.3) is 39.1 Å². The van der Waals surface area contributed by atoms with E-state index in [2.05, 4.69) is 114 Å². The molecule has 0 N–H and O–H groups in total. The molecular weight excluding hydrogens is 409 g/mol. The molecule has 154 valence electrons. The minimum Gasteiger partial charge on any atom is -0.375 e. The lowest BCUT2D eigenvalue weighted by Gasteiger charge is -2.45. The van der Waals surface area contributed by atoms with Crippen LogP contribution >= 0.6 is 0 Å². The molecular formula is C32H18BN. The normalized spacial score (nSPS) is 13.9. The maximum Gasteiger partial charge on any atom is 0.329 e. The van der Waals surface area contributed by atoms with Crippen LogP contribution in [0.3, 0.4) is 0 Å². The number of nitrogens with zero attached hydrogens (tertiary/aromatic N) is 1. The summed E-state index contributed by atoms with van der Waals surface area (Å²) in [5.41, 5.74) is 16.4. The number of benzene rings is 4. The average Bonchev–Trinajstić information content (AvgIpc) is 2.92. The number of fused-ring (bicyclic) bond motifs is 15. The van der Waals surface area contributed by atoms with Gasteiger partial charge in [-0.1, -0.05) is 84.9 Å². The summed E-state index contributed by atoms with van der Waals surface area (Å²) in [6, 6.07) is 37.7. The van der Waals surface area contributed by atoms with Gasteiger partial charge in [0.1, 0.15) is 0 Å². The van der Waals surface area contributed by atoms with Gasteiger partial charge in [0, 0.05) is 23.2 Å². The van der Waals surface area contributed by atoms with Crippen LogP contribution in [0, 0.1) is 12.1 Å². The van der Waals surface area contributed by atoms with Crippen molar-refractivity contribution < 1.29 is 0 Å². The number of rotatable bonds is 0. The molecule has 0 unspecified atom stereocenters. The van der Waals surface area contributed by atoms with Crippen molar-refractivity contribution in [2.75, 3.05) is 4.81 Å². The highest BCUT2D eigenvalue weighted by atomic mass is 15.1. The maximum absolute atomic E-state index is 3.48. The molecule has 1 aliphatic carbocycles. The first-order valence-electron chi connectivity index (χ1n) is 11.8. The van der Waals surface area contributed by atoms with Crippen molar-refractivity contribution in [3.63, 3.8) is 0 Å². The fourth-order valence-corrected chi connectivity index (χ4v) is 6.17. The lowest BCUT2D eigenvalue weighted by atomic mass is 9.43. The number of hydrogen-bond donors (Lipinski definition) is 0. The highest BCUT2D eigenvalue weighted by Gasteiger charge is 2.43. The van der Waals surface area contributed by atoms with Crippen molar-refractivity contribution in [2.45, 2.75) is 6.42 Å². The van der Waals surface area contributed by atoms with Gasteiger partial charge in [0.05, 0.1) is 11.1 Å². The zero-order valence-electron chi connectivity index (χ0n) is 18.5. The molecule has 2 aliphatic heterocycles. The molecule has 34 heavy (non-hydrogen) atoms. The maximum atomic E-state index is 3.48. The second-order valence-corrected chi connectivity index (χ2v) is 9.22. The smallest absolute Gasteiger partial charge is 0.329 e. The molecule has 0 aromatic heterocycles. The molecule has 5 aromatic carbocycles. The van der Waals surface area contributed by atoms with E-state index in [-0.39, 0.29) is 6.85 Å². The van der Waals surface area contributed by atoms with Gasteiger partial charge >= 0.3 is 6.85 Å². The molecule has 2 heteroatoms. The Balaban J connectivity index is 1.59. The molecule has 3 aliphatic rings. The summed E-state index contributed by atoms with van der Waals surface area (Å²) >= 11 is 0. The number of anilines is 2. The van der Waals surface area contributed by atoms with E-state index in [0.717, 1.165) is 11.8 Å². The lowest BCUT2D eigenvalue weighted by Crippen LogP contribution is -2.60. The molecule has 0 atom stereocenters. The molecule has 2 heterocycles. The number of allylic oxidation sites excluding steroid dienone is 1. The average molecular weight is 427 g/mol. The Bertz CT molecular complexity index is 1740. The van der Waals surface area contributed by atoms with Crippen molar-refractivity contribution in [3.8, 4) is 22.3 Å². The fraction of sp³-hybridized carbons (Fsp3) is 0.0312. The molecule has 0 amide bonds. The lowest BCUT2D eigenvalue weighted by molar-refractivity contribution is 1.21. The first-order chi connectivity index (χ1) is 16.9. The van der Waals surface area contributed by atoms with Crippen LogP contribution in [0.15, 0.2) is 96.7 Å². The molecule has 0 spiro atoms. The van der Waals surface area contributed by atoms with E-state index in [1.54, 1.807) is 0 Å². The predicted molar refractivity (Wildman–Crippen MR) is 142 cm³/mol. The molecule has 0 saturated heterocycles. The molecule has 5 aromatic rings. The Morgan fingerprint density at radius 1 is 0.706 bits per heavy atom. The molecule has 8 rings (SSSR count). The third-order valence-corrected chi connectivity index (χ3v) is 7.57. The Hall–Kier alpha value is -4.44. The highest BCUT2D eigenvalue weighted by molar-refractivity contribution is 6.92. The van der Waals surface area contributed by atoms with Gasteiger partial charge in [0.15, 0.2) is 0 Å². The van der Waals surface area contributed by atoms with E-state index >= 15 is 0 Å². The zero-order valence-corrected chi connectivity index (χ0v) is 18.5. The second kappa shape index (κ2) is 6.55. The van der Waals surface area contributed by atoms with Gasteiger partial charge in [0.25, 0.3) is 0 Å². The zero-order chi connectivity index (χ0) is 22.2. The van der Waals surface area contributed by atoms with Crippen LogP contribution in [-0.4, -0.2) is 6.85 Å². The third-order valence-electron chi connectivity index (χ3n) is 7.57. The molecule has 0 saturated carbocycles. The van der Waals surface area contributed by atoms with Gasteiger partial charge in [-0.2, -0.15) is 0 Å². The monoisotopic (exact) mass is 427 g/mol. The van der Waals surface area contributed by atoms with Crippen LogP contribution in [0.2, 0.25) is 0 Å². The van der Waals surface area contributed by atoms with E-state index in [1.807, 2.05) is 6.07 Å². The van der Waals surface area contributed by atoms with Crippen LogP contribution in [0.5, 0.6) is 0 Å². The summed E-state index contributed by atoms with van der Waals surface area (Å²) in [5.74, 6) is 0. The van der Waals surface area contributed by atoms with Gasteiger partial charge in [-0.3, -0.25) is 0 Å². The summed E-state index contributed by atoms with van der Waals surface area (Å²) in [6.45, 7) is 0.105. The van der Waals surface area contributed by atoms with Crippen molar-refractivity contribution in [1.82, 2.24) is 0 Å². The van der Waals surface area contributed by atoms with Crippen molar-refractivity contribution in [2.24, 2.45) is 0 Å². The summed E-state index contributed by atoms with van der Waals surface area (Å²) in [4.78, 5) is 2.60. The minimum absolute atomic E-state index is 0.105. The summed E-state index contributed by atoms with van der Waals surface area (Å²) in [6.07, 6.45) is 5.16. The SMILES string of the molecule is C1=CCc2c(ccc3c2N2B(c4ccccc4-3)c3ccccc3-c3ccc4ccc#cc4c32)C=1. The Kier molecular flexibility index (Phi) is 3.48. The molecule has 0 fully saturated rings. The van der Waals surface area contributed by atoms with Gasteiger partial charge in [-0.25, -0.2) is 0 Å². The van der Waals surface area contributed by atoms with E-state index in [9.17, 15) is 0 Å². The quantitative estimate of drug-likeness (QED) is 0.214. The topological polar surface area (TPSA) is 3.24 Å². The van der Waals surface area contributed by atoms with Gasteiger partial charge in [-0.15, -0.1) is 5.73 Å². The first kappa shape index (κ1) is 18.0.